The van der Waals surface area contributed by atoms with Crippen molar-refractivity contribution in [2.24, 2.45) is 5.92 Å². The zero-order valence-electron chi connectivity index (χ0n) is 10.6. The van der Waals surface area contributed by atoms with Crippen LogP contribution in [0.4, 0.5) is 13.2 Å². The van der Waals surface area contributed by atoms with E-state index < -0.39 is 11.7 Å². The SMILES string of the molecule is C=C(c1cc2c(c(Cl)n1)OCCC2C1CC1)C(F)(F)F. The van der Waals surface area contributed by atoms with Crippen molar-refractivity contribution < 1.29 is 17.9 Å². The second kappa shape index (κ2) is 4.65. The summed E-state index contributed by atoms with van der Waals surface area (Å²) in [6, 6.07) is 1.44. The summed E-state index contributed by atoms with van der Waals surface area (Å²) in [6.45, 7) is 3.62. The van der Waals surface area contributed by atoms with Crippen LogP contribution in [0.25, 0.3) is 5.57 Å². The predicted molar refractivity (Wildman–Crippen MR) is 69.9 cm³/mol. The second-order valence-electron chi connectivity index (χ2n) is 5.27. The molecule has 20 heavy (non-hydrogen) atoms. The van der Waals surface area contributed by atoms with Gasteiger partial charge in [0.15, 0.2) is 10.9 Å². The van der Waals surface area contributed by atoms with Crippen molar-refractivity contribution in [1.29, 1.82) is 0 Å². The quantitative estimate of drug-likeness (QED) is 0.746. The maximum Gasteiger partial charge on any atom is 0.417 e. The highest BCUT2D eigenvalue weighted by atomic mass is 35.5. The van der Waals surface area contributed by atoms with E-state index >= 15 is 0 Å². The molecule has 0 aromatic carbocycles. The fraction of sp³-hybridized carbons (Fsp3) is 0.500. The highest BCUT2D eigenvalue weighted by Crippen LogP contribution is 2.50. The molecule has 3 rings (SSSR count). The van der Waals surface area contributed by atoms with Gasteiger partial charge < -0.3 is 4.74 Å². The van der Waals surface area contributed by atoms with E-state index in [9.17, 15) is 13.2 Å². The van der Waals surface area contributed by atoms with Gasteiger partial charge in [-0.3, -0.25) is 0 Å². The molecule has 108 valence electrons. The highest BCUT2D eigenvalue weighted by Gasteiger charge is 2.39. The van der Waals surface area contributed by atoms with Gasteiger partial charge in [0.2, 0.25) is 0 Å². The molecule has 1 aliphatic carbocycles. The fourth-order valence-corrected chi connectivity index (χ4v) is 2.93. The Morgan fingerprint density at radius 2 is 2.05 bits per heavy atom. The van der Waals surface area contributed by atoms with Crippen LogP contribution in [-0.2, 0) is 0 Å². The first-order chi connectivity index (χ1) is 9.38. The summed E-state index contributed by atoms with van der Waals surface area (Å²) >= 11 is 5.99. The molecule has 1 aromatic heterocycles. The Balaban J connectivity index is 2.05. The van der Waals surface area contributed by atoms with Crippen molar-refractivity contribution in [3.8, 4) is 5.75 Å². The van der Waals surface area contributed by atoms with E-state index in [-0.39, 0.29) is 16.8 Å². The minimum absolute atomic E-state index is 0.00625. The Hall–Kier alpha value is -1.23. The van der Waals surface area contributed by atoms with E-state index in [4.69, 9.17) is 16.3 Å². The summed E-state index contributed by atoms with van der Waals surface area (Å²) < 4.78 is 43.7. The van der Waals surface area contributed by atoms with Crippen LogP contribution in [0.2, 0.25) is 5.15 Å². The number of allylic oxidation sites excluding steroid dienone is 1. The third-order valence-electron chi connectivity index (χ3n) is 3.88. The smallest absolute Gasteiger partial charge is 0.417 e. The number of alkyl halides is 3. The van der Waals surface area contributed by atoms with Crippen LogP contribution < -0.4 is 4.74 Å². The lowest BCUT2D eigenvalue weighted by Gasteiger charge is -2.27. The maximum absolute atomic E-state index is 12.8. The van der Waals surface area contributed by atoms with Gasteiger partial charge in [0.1, 0.15) is 0 Å². The number of hydrogen-bond acceptors (Lipinski definition) is 2. The monoisotopic (exact) mass is 303 g/mol. The molecule has 1 atom stereocenters. The minimum Gasteiger partial charge on any atom is -0.490 e. The first-order valence-corrected chi connectivity index (χ1v) is 6.85. The van der Waals surface area contributed by atoms with Crippen LogP contribution in [0.1, 0.15) is 36.4 Å². The van der Waals surface area contributed by atoms with Crippen molar-refractivity contribution >= 4 is 17.2 Å². The van der Waals surface area contributed by atoms with Gasteiger partial charge in [-0.05, 0) is 37.2 Å². The number of hydrogen-bond donors (Lipinski definition) is 0. The summed E-state index contributed by atoms with van der Waals surface area (Å²) in [5.74, 6) is 1.19. The van der Waals surface area contributed by atoms with Crippen LogP contribution in [0.5, 0.6) is 5.75 Å². The minimum atomic E-state index is -4.50. The number of fused-ring (bicyclic) bond motifs is 1. The summed E-state index contributed by atoms with van der Waals surface area (Å²) in [5, 5.41) is -0.00625. The summed E-state index contributed by atoms with van der Waals surface area (Å²) in [7, 11) is 0. The Kier molecular flexibility index (Phi) is 3.20. The third-order valence-corrected chi connectivity index (χ3v) is 4.13. The van der Waals surface area contributed by atoms with Crippen molar-refractivity contribution in [3.05, 3.63) is 29.1 Å². The first-order valence-electron chi connectivity index (χ1n) is 6.47. The summed E-state index contributed by atoms with van der Waals surface area (Å²) in [4.78, 5) is 3.79. The number of ether oxygens (including phenoxy) is 1. The molecule has 1 aromatic rings. The number of aromatic nitrogens is 1. The van der Waals surface area contributed by atoms with E-state index in [0.29, 0.717) is 18.3 Å². The Bertz CT molecular complexity index is 566. The molecule has 0 N–H and O–H groups in total. The van der Waals surface area contributed by atoms with E-state index in [1.807, 2.05) is 0 Å². The first kappa shape index (κ1) is 13.7. The zero-order chi connectivity index (χ0) is 14.5. The number of rotatable bonds is 2. The van der Waals surface area contributed by atoms with Gasteiger partial charge in [-0.25, -0.2) is 4.98 Å². The van der Waals surface area contributed by atoms with Gasteiger partial charge in [-0.1, -0.05) is 18.2 Å². The zero-order valence-corrected chi connectivity index (χ0v) is 11.4. The molecule has 0 spiro atoms. The molecule has 1 fully saturated rings. The van der Waals surface area contributed by atoms with Crippen LogP contribution in [0.3, 0.4) is 0 Å². The van der Waals surface area contributed by atoms with E-state index in [1.165, 1.54) is 6.07 Å². The Labute approximate surface area is 119 Å². The van der Waals surface area contributed by atoms with Crippen molar-refractivity contribution in [2.45, 2.75) is 31.4 Å². The Morgan fingerprint density at radius 1 is 1.35 bits per heavy atom. The van der Waals surface area contributed by atoms with Crippen LogP contribution in [0.15, 0.2) is 12.6 Å². The molecule has 0 radical (unpaired) electrons. The van der Waals surface area contributed by atoms with E-state index in [0.717, 1.165) is 24.8 Å². The van der Waals surface area contributed by atoms with Crippen molar-refractivity contribution in [1.82, 2.24) is 4.98 Å². The van der Waals surface area contributed by atoms with Gasteiger partial charge in [-0.15, -0.1) is 0 Å². The van der Waals surface area contributed by atoms with E-state index in [1.54, 1.807) is 0 Å². The average Bonchev–Trinajstić information content (AvgIpc) is 3.20. The molecule has 2 nitrogen and oxygen atoms in total. The van der Waals surface area contributed by atoms with Crippen LogP contribution in [0, 0.1) is 5.92 Å². The fourth-order valence-electron chi connectivity index (χ4n) is 2.67. The molecule has 0 amide bonds. The molecule has 1 unspecified atom stereocenters. The summed E-state index contributed by atoms with van der Waals surface area (Å²) in [6.07, 6.45) is -1.47. The lowest BCUT2D eigenvalue weighted by molar-refractivity contribution is -0.0689. The molecule has 2 heterocycles. The summed E-state index contributed by atoms with van der Waals surface area (Å²) in [5.41, 5.74) is -0.432. The van der Waals surface area contributed by atoms with Gasteiger partial charge in [-0.2, -0.15) is 13.2 Å². The molecular formula is C14H13ClF3NO. The highest BCUT2D eigenvalue weighted by molar-refractivity contribution is 6.31. The van der Waals surface area contributed by atoms with Gasteiger partial charge in [0, 0.05) is 5.56 Å². The maximum atomic E-state index is 12.8. The largest absolute Gasteiger partial charge is 0.490 e. The predicted octanol–water partition coefficient (Wildman–Crippen LogP) is 4.59. The molecule has 1 saturated carbocycles. The molecule has 0 saturated heterocycles. The molecule has 6 heteroatoms. The van der Waals surface area contributed by atoms with Gasteiger partial charge in [0.05, 0.1) is 17.9 Å². The lowest BCUT2D eigenvalue weighted by Crippen LogP contribution is -2.18. The second-order valence-corrected chi connectivity index (χ2v) is 5.63. The van der Waals surface area contributed by atoms with E-state index in [2.05, 4.69) is 11.6 Å². The van der Waals surface area contributed by atoms with Gasteiger partial charge in [0.25, 0.3) is 0 Å². The molecule has 1 aliphatic heterocycles. The standard InChI is InChI=1S/C14H13ClF3NO/c1-7(14(16,17)18)11-6-10-9(8-2-3-8)4-5-20-12(10)13(15)19-11/h6,8-9H,1-5H2. The Morgan fingerprint density at radius 3 is 2.65 bits per heavy atom. The third kappa shape index (κ3) is 2.39. The van der Waals surface area contributed by atoms with Crippen LogP contribution in [-0.4, -0.2) is 17.8 Å². The number of pyridine rings is 1. The molecular weight excluding hydrogens is 291 g/mol. The normalized spacial score (nSPS) is 22.1. The topological polar surface area (TPSA) is 22.1 Å². The van der Waals surface area contributed by atoms with Crippen molar-refractivity contribution in [2.75, 3.05) is 6.61 Å². The number of nitrogens with zero attached hydrogens (tertiary/aromatic N) is 1. The number of halogens is 4. The van der Waals surface area contributed by atoms with Crippen molar-refractivity contribution in [3.63, 3.8) is 0 Å². The molecule has 0 bridgehead atoms. The molecule has 2 aliphatic rings. The average molecular weight is 304 g/mol. The van der Waals surface area contributed by atoms with Gasteiger partial charge >= 0.3 is 6.18 Å². The lowest BCUT2D eigenvalue weighted by atomic mass is 9.88. The van der Waals surface area contributed by atoms with Crippen LogP contribution >= 0.6 is 11.6 Å².